The molecule has 0 radical (unpaired) electrons. The van der Waals surface area contributed by atoms with Crippen molar-refractivity contribution in [3.8, 4) is 11.1 Å². The lowest BCUT2D eigenvalue weighted by molar-refractivity contribution is 0.669. The molecule has 40 heavy (non-hydrogen) atoms. The lowest BCUT2D eigenvalue weighted by atomic mass is 10.0. The summed E-state index contributed by atoms with van der Waals surface area (Å²) in [5, 5.41) is 7.13. The first-order valence-electron chi connectivity index (χ1n) is 13.6. The second-order valence-corrected chi connectivity index (χ2v) is 10.2. The van der Waals surface area contributed by atoms with Gasteiger partial charge in [0.15, 0.2) is 5.58 Å². The monoisotopic (exact) mass is 511 g/mol. The Balaban J connectivity index is 1.37. The zero-order valence-electron chi connectivity index (χ0n) is 21.8. The third-order valence-corrected chi connectivity index (χ3v) is 7.83. The summed E-state index contributed by atoms with van der Waals surface area (Å²) in [4.78, 5) is 2.31. The van der Waals surface area contributed by atoms with E-state index in [2.05, 4.69) is 157 Å². The standard InChI is InChI=1S/C38H25NO/c1-2-9-26(10-3-1)28-17-21-31(22-18-28)39(32-23-19-27-11-4-5-13-30(27)25-32)35-16-8-15-34-37-33-14-7-6-12-29(33)20-24-36(37)40-38(34)35/h1-25H. The molecule has 0 amide bonds. The number of hydrogen-bond acceptors (Lipinski definition) is 2. The molecule has 0 bridgehead atoms. The minimum Gasteiger partial charge on any atom is -0.454 e. The van der Waals surface area contributed by atoms with Crippen LogP contribution in [0.3, 0.4) is 0 Å². The van der Waals surface area contributed by atoms with E-state index in [1.165, 1.54) is 32.7 Å². The van der Waals surface area contributed by atoms with Crippen molar-refractivity contribution in [2.75, 3.05) is 4.90 Å². The van der Waals surface area contributed by atoms with Crippen molar-refractivity contribution >= 4 is 60.5 Å². The summed E-state index contributed by atoms with van der Waals surface area (Å²) < 4.78 is 6.65. The molecule has 0 unspecified atom stereocenters. The van der Waals surface area contributed by atoms with Crippen LogP contribution in [-0.2, 0) is 0 Å². The zero-order chi connectivity index (χ0) is 26.5. The summed E-state index contributed by atoms with van der Waals surface area (Å²) in [5.74, 6) is 0. The van der Waals surface area contributed by atoms with Gasteiger partial charge in [-0.1, -0.05) is 115 Å². The zero-order valence-corrected chi connectivity index (χ0v) is 21.8. The van der Waals surface area contributed by atoms with Crippen molar-refractivity contribution in [2.24, 2.45) is 0 Å². The molecule has 2 nitrogen and oxygen atoms in total. The fourth-order valence-electron chi connectivity index (χ4n) is 5.91. The summed E-state index contributed by atoms with van der Waals surface area (Å²) in [6, 6.07) is 53.7. The SMILES string of the molecule is c1ccc(-c2ccc(N(c3ccc4ccccc4c3)c3cccc4c3oc3ccc5ccccc5c34)cc2)cc1. The minimum atomic E-state index is 0.883. The van der Waals surface area contributed by atoms with Gasteiger partial charge in [0.1, 0.15) is 5.58 Å². The minimum absolute atomic E-state index is 0.883. The Morgan fingerprint density at radius 2 is 1.07 bits per heavy atom. The Labute approximate surface area is 232 Å². The van der Waals surface area contributed by atoms with E-state index in [0.29, 0.717) is 0 Å². The lowest BCUT2D eigenvalue weighted by Gasteiger charge is -2.26. The summed E-state index contributed by atoms with van der Waals surface area (Å²) in [7, 11) is 0. The fourth-order valence-corrected chi connectivity index (χ4v) is 5.91. The van der Waals surface area contributed by atoms with Crippen molar-refractivity contribution in [1.82, 2.24) is 0 Å². The molecule has 7 aromatic carbocycles. The van der Waals surface area contributed by atoms with Gasteiger partial charge in [0.25, 0.3) is 0 Å². The average molecular weight is 512 g/mol. The Kier molecular flexibility index (Phi) is 5.17. The number of furan rings is 1. The highest BCUT2D eigenvalue weighted by Gasteiger charge is 2.20. The van der Waals surface area contributed by atoms with Gasteiger partial charge in [-0.05, 0) is 69.1 Å². The first-order chi connectivity index (χ1) is 19.8. The van der Waals surface area contributed by atoms with Crippen LogP contribution in [0.15, 0.2) is 156 Å². The van der Waals surface area contributed by atoms with Crippen LogP contribution in [0.1, 0.15) is 0 Å². The van der Waals surface area contributed by atoms with Crippen LogP contribution in [0, 0.1) is 0 Å². The molecular formula is C38H25NO. The van der Waals surface area contributed by atoms with Crippen LogP contribution in [0.25, 0.3) is 54.6 Å². The highest BCUT2D eigenvalue weighted by atomic mass is 16.3. The number of rotatable bonds is 4. The second-order valence-electron chi connectivity index (χ2n) is 10.2. The Bertz CT molecular complexity index is 2160. The highest BCUT2D eigenvalue weighted by molar-refractivity contribution is 6.21. The van der Waals surface area contributed by atoms with Crippen molar-refractivity contribution in [3.63, 3.8) is 0 Å². The van der Waals surface area contributed by atoms with Crippen LogP contribution < -0.4 is 4.90 Å². The third-order valence-electron chi connectivity index (χ3n) is 7.83. The van der Waals surface area contributed by atoms with Crippen LogP contribution >= 0.6 is 0 Å². The predicted molar refractivity (Wildman–Crippen MR) is 169 cm³/mol. The van der Waals surface area contributed by atoms with Gasteiger partial charge >= 0.3 is 0 Å². The third kappa shape index (κ3) is 3.65. The summed E-state index contributed by atoms with van der Waals surface area (Å²) in [5.41, 5.74) is 7.36. The molecule has 8 rings (SSSR count). The number of fused-ring (bicyclic) bond motifs is 6. The van der Waals surface area contributed by atoms with Crippen LogP contribution in [-0.4, -0.2) is 0 Å². The Hall–Kier alpha value is -5.34. The number of para-hydroxylation sites is 1. The van der Waals surface area contributed by atoms with E-state index in [0.717, 1.165) is 39.0 Å². The fraction of sp³-hybridized carbons (Fsp3) is 0. The maximum absolute atomic E-state index is 6.65. The van der Waals surface area contributed by atoms with E-state index in [1.807, 2.05) is 0 Å². The maximum Gasteiger partial charge on any atom is 0.159 e. The van der Waals surface area contributed by atoms with E-state index in [1.54, 1.807) is 0 Å². The molecule has 2 heteroatoms. The first-order valence-corrected chi connectivity index (χ1v) is 13.6. The quantitative estimate of drug-likeness (QED) is 0.234. The molecule has 1 aromatic heterocycles. The summed E-state index contributed by atoms with van der Waals surface area (Å²) in [6.45, 7) is 0. The molecule has 1 heterocycles. The second kappa shape index (κ2) is 9.14. The number of anilines is 3. The van der Waals surface area contributed by atoms with E-state index < -0.39 is 0 Å². The van der Waals surface area contributed by atoms with Gasteiger partial charge in [-0.15, -0.1) is 0 Å². The van der Waals surface area contributed by atoms with Gasteiger partial charge in [-0.2, -0.15) is 0 Å². The van der Waals surface area contributed by atoms with Crippen LogP contribution in [0.5, 0.6) is 0 Å². The van der Waals surface area contributed by atoms with Crippen molar-refractivity contribution < 1.29 is 4.42 Å². The number of nitrogens with zero attached hydrogens (tertiary/aromatic N) is 1. The van der Waals surface area contributed by atoms with Crippen molar-refractivity contribution in [1.29, 1.82) is 0 Å². The van der Waals surface area contributed by atoms with Crippen molar-refractivity contribution in [3.05, 3.63) is 152 Å². The van der Waals surface area contributed by atoms with Gasteiger partial charge < -0.3 is 9.32 Å². The number of hydrogen-bond donors (Lipinski definition) is 0. The van der Waals surface area contributed by atoms with Gasteiger partial charge in [-0.3, -0.25) is 0 Å². The number of benzene rings is 7. The molecule has 0 aliphatic carbocycles. The van der Waals surface area contributed by atoms with Gasteiger partial charge in [0.2, 0.25) is 0 Å². The van der Waals surface area contributed by atoms with Gasteiger partial charge in [0.05, 0.1) is 5.69 Å². The molecular weight excluding hydrogens is 486 g/mol. The van der Waals surface area contributed by atoms with Gasteiger partial charge in [0, 0.05) is 22.1 Å². The molecule has 0 N–H and O–H groups in total. The predicted octanol–water partition coefficient (Wildman–Crippen LogP) is 11.0. The first kappa shape index (κ1) is 22.6. The lowest BCUT2D eigenvalue weighted by Crippen LogP contribution is -2.10. The topological polar surface area (TPSA) is 16.4 Å². The molecule has 0 fully saturated rings. The molecule has 0 spiro atoms. The van der Waals surface area contributed by atoms with E-state index in [9.17, 15) is 0 Å². The van der Waals surface area contributed by atoms with Gasteiger partial charge in [-0.25, -0.2) is 0 Å². The van der Waals surface area contributed by atoms with E-state index >= 15 is 0 Å². The molecule has 0 aliphatic heterocycles. The maximum atomic E-state index is 6.65. The molecule has 0 saturated heterocycles. The normalized spacial score (nSPS) is 11.5. The van der Waals surface area contributed by atoms with E-state index in [4.69, 9.17) is 4.42 Å². The highest BCUT2D eigenvalue weighted by Crippen LogP contribution is 2.44. The Morgan fingerprint density at radius 1 is 0.425 bits per heavy atom. The van der Waals surface area contributed by atoms with Crippen molar-refractivity contribution in [2.45, 2.75) is 0 Å². The molecule has 188 valence electrons. The summed E-state index contributed by atoms with van der Waals surface area (Å²) >= 11 is 0. The smallest absolute Gasteiger partial charge is 0.159 e. The van der Waals surface area contributed by atoms with E-state index in [-0.39, 0.29) is 0 Å². The molecule has 0 aliphatic rings. The van der Waals surface area contributed by atoms with Crippen LogP contribution in [0.2, 0.25) is 0 Å². The largest absolute Gasteiger partial charge is 0.454 e. The van der Waals surface area contributed by atoms with Crippen LogP contribution in [0.4, 0.5) is 17.1 Å². The molecule has 0 saturated carbocycles. The summed E-state index contributed by atoms with van der Waals surface area (Å²) in [6.07, 6.45) is 0. The molecule has 8 aromatic rings. The Morgan fingerprint density at radius 3 is 1.93 bits per heavy atom. The molecule has 0 atom stereocenters. The average Bonchev–Trinajstić information content (AvgIpc) is 3.42.